The first kappa shape index (κ1) is 12.9. The molecule has 1 aliphatic heterocycles. The lowest BCUT2D eigenvalue weighted by Crippen LogP contribution is -2.53. The van der Waals surface area contributed by atoms with Gasteiger partial charge in [0.1, 0.15) is 11.2 Å². The number of hydrogen-bond donors (Lipinski definition) is 1. The van der Waals surface area contributed by atoms with Crippen LogP contribution >= 0.6 is 0 Å². The van der Waals surface area contributed by atoms with Gasteiger partial charge in [-0.15, -0.1) is 0 Å². The zero-order valence-corrected chi connectivity index (χ0v) is 10.9. The molecule has 0 aromatic heterocycles. The Kier molecular flexibility index (Phi) is 3.30. The van der Waals surface area contributed by atoms with Crippen LogP contribution in [0.1, 0.15) is 30.9 Å². The average molecular weight is 250 g/mol. The van der Waals surface area contributed by atoms with Gasteiger partial charge in [0.25, 0.3) is 0 Å². The Labute approximate surface area is 107 Å². The molecule has 4 heteroatoms. The predicted molar refractivity (Wildman–Crippen MR) is 67.2 cm³/mol. The van der Waals surface area contributed by atoms with Gasteiger partial charge in [-0.05, 0) is 23.1 Å². The molecule has 0 spiro atoms. The number of rotatable bonds is 4. The second-order valence-electron chi connectivity index (χ2n) is 4.99. The molecule has 1 N–H and O–H groups in total. The quantitative estimate of drug-likeness (QED) is 0.889. The highest BCUT2D eigenvalue weighted by molar-refractivity contribution is 5.83. The molecule has 18 heavy (non-hydrogen) atoms. The SMILES string of the molecule is COc1ccc(C2(C(=O)O)COC2)cc1C(C)C. The Balaban J connectivity index is 2.46. The van der Waals surface area contributed by atoms with Crippen molar-refractivity contribution in [1.29, 1.82) is 0 Å². The minimum absolute atomic E-state index is 0.242. The van der Waals surface area contributed by atoms with Crippen LogP contribution in [0.3, 0.4) is 0 Å². The van der Waals surface area contributed by atoms with Gasteiger partial charge in [0, 0.05) is 0 Å². The van der Waals surface area contributed by atoms with Crippen molar-refractivity contribution in [3.8, 4) is 5.75 Å². The van der Waals surface area contributed by atoms with Crippen molar-refractivity contribution in [1.82, 2.24) is 0 Å². The normalized spacial score (nSPS) is 17.3. The molecule has 0 unspecified atom stereocenters. The summed E-state index contributed by atoms with van der Waals surface area (Å²) in [5, 5.41) is 9.38. The summed E-state index contributed by atoms with van der Waals surface area (Å²) >= 11 is 0. The molecule has 1 saturated heterocycles. The van der Waals surface area contributed by atoms with Crippen LogP contribution in [-0.2, 0) is 14.9 Å². The van der Waals surface area contributed by atoms with Crippen molar-refractivity contribution >= 4 is 5.97 Å². The second kappa shape index (κ2) is 4.61. The Morgan fingerprint density at radius 3 is 2.50 bits per heavy atom. The van der Waals surface area contributed by atoms with E-state index < -0.39 is 11.4 Å². The summed E-state index contributed by atoms with van der Waals surface area (Å²) in [4.78, 5) is 11.4. The average Bonchev–Trinajstić information content (AvgIpc) is 2.26. The zero-order valence-electron chi connectivity index (χ0n) is 10.9. The summed E-state index contributed by atoms with van der Waals surface area (Å²) in [5.74, 6) is 0.259. The molecule has 1 aromatic rings. The van der Waals surface area contributed by atoms with Crippen LogP contribution < -0.4 is 4.74 Å². The van der Waals surface area contributed by atoms with Gasteiger partial charge in [0.15, 0.2) is 0 Å². The smallest absolute Gasteiger partial charge is 0.318 e. The second-order valence-corrected chi connectivity index (χ2v) is 4.99. The maximum atomic E-state index is 11.4. The molecule has 0 saturated carbocycles. The van der Waals surface area contributed by atoms with E-state index in [4.69, 9.17) is 9.47 Å². The number of ether oxygens (including phenoxy) is 2. The van der Waals surface area contributed by atoms with Gasteiger partial charge >= 0.3 is 5.97 Å². The fourth-order valence-electron chi connectivity index (χ4n) is 2.20. The summed E-state index contributed by atoms with van der Waals surface area (Å²) in [7, 11) is 1.63. The number of carboxylic acid groups (broad SMARTS) is 1. The third-order valence-electron chi connectivity index (χ3n) is 3.51. The van der Waals surface area contributed by atoms with E-state index in [1.165, 1.54) is 0 Å². The van der Waals surface area contributed by atoms with Crippen molar-refractivity contribution < 1.29 is 19.4 Å². The molecule has 0 atom stereocenters. The first-order valence-electron chi connectivity index (χ1n) is 6.01. The molecule has 98 valence electrons. The summed E-state index contributed by atoms with van der Waals surface area (Å²) in [6.45, 7) is 4.61. The lowest BCUT2D eigenvalue weighted by Gasteiger charge is -2.38. The van der Waals surface area contributed by atoms with E-state index in [2.05, 4.69) is 13.8 Å². The number of benzene rings is 1. The Bertz CT molecular complexity index is 461. The van der Waals surface area contributed by atoms with Crippen LogP contribution in [0.2, 0.25) is 0 Å². The molecule has 1 aromatic carbocycles. The zero-order chi connectivity index (χ0) is 13.3. The van der Waals surface area contributed by atoms with Gasteiger partial charge in [-0.1, -0.05) is 26.0 Å². The van der Waals surface area contributed by atoms with Crippen molar-refractivity contribution in [2.45, 2.75) is 25.2 Å². The largest absolute Gasteiger partial charge is 0.496 e. The molecule has 4 nitrogen and oxygen atoms in total. The maximum absolute atomic E-state index is 11.4. The predicted octanol–water partition coefficient (Wildman–Crippen LogP) is 2.17. The molecule has 0 bridgehead atoms. The van der Waals surface area contributed by atoms with Crippen LogP contribution in [0.4, 0.5) is 0 Å². The molecule has 2 rings (SSSR count). The number of methoxy groups -OCH3 is 1. The highest BCUT2D eigenvalue weighted by atomic mass is 16.5. The summed E-state index contributed by atoms with van der Waals surface area (Å²) in [6.07, 6.45) is 0. The maximum Gasteiger partial charge on any atom is 0.318 e. The Morgan fingerprint density at radius 2 is 2.11 bits per heavy atom. The topological polar surface area (TPSA) is 55.8 Å². The van der Waals surface area contributed by atoms with Crippen molar-refractivity contribution in [2.75, 3.05) is 20.3 Å². The number of hydrogen-bond acceptors (Lipinski definition) is 3. The van der Waals surface area contributed by atoms with Gasteiger partial charge < -0.3 is 14.6 Å². The Hall–Kier alpha value is -1.55. The van der Waals surface area contributed by atoms with E-state index in [9.17, 15) is 9.90 Å². The van der Waals surface area contributed by atoms with Crippen molar-refractivity contribution in [3.63, 3.8) is 0 Å². The molecule has 1 aliphatic rings. The highest BCUT2D eigenvalue weighted by Gasteiger charge is 2.48. The van der Waals surface area contributed by atoms with Crippen LogP contribution in [0.25, 0.3) is 0 Å². The van der Waals surface area contributed by atoms with Crippen LogP contribution in [0.15, 0.2) is 18.2 Å². The van der Waals surface area contributed by atoms with Gasteiger partial charge in [0.2, 0.25) is 0 Å². The van der Waals surface area contributed by atoms with Gasteiger partial charge in [-0.2, -0.15) is 0 Å². The first-order chi connectivity index (χ1) is 8.51. The minimum atomic E-state index is -0.879. The standard InChI is InChI=1S/C14H18O4/c1-9(2)11-6-10(4-5-12(11)17-3)14(13(15)16)7-18-8-14/h4-6,9H,7-8H2,1-3H3,(H,15,16). The van der Waals surface area contributed by atoms with Gasteiger partial charge in [-0.3, -0.25) is 4.79 Å². The molecule has 1 fully saturated rings. The van der Waals surface area contributed by atoms with Crippen molar-refractivity contribution in [3.05, 3.63) is 29.3 Å². The van der Waals surface area contributed by atoms with E-state index in [0.29, 0.717) is 0 Å². The summed E-state index contributed by atoms with van der Waals surface area (Å²) in [5.41, 5.74) is 0.948. The third kappa shape index (κ3) is 1.86. The van der Waals surface area contributed by atoms with E-state index in [1.54, 1.807) is 7.11 Å². The van der Waals surface area contributed by atoms with E-state index >= 15 is 0 Å². The molecular weight excluding hydrogens is 232 g/mol. The van der Waals surface area contributed by atoms with Gasteiger partial charge in [0.05, 0.1) is 20.3 Å². The molecule has 0 radical (unpaired) electrons. The molecule has 0 aliphatic carbocycles. The van der Waals surface area contributed by atoms with Crippen LogP contribution in [0, 0.1) is 0 Å². The van der Waals surface area contributed by atoms with Gasteiger partial charge in [-0.25, -0.2) is 0 Å². The number of carbonyl (C=O) groups is 1. The molecule has 0 amide bonds. The highest BCUT2D eigenvalue weighted by Crippen LogP contribution is 2.37. The lowest BCUT2D eigenvalue weighted by atomic mass is 9.77. The fraction of sp³-hybridized carbons (Fsp3) is 0.500. The monoisotopic (exact) mass is 250 g/mol. The number of carboxylic acids is 1. The van der Waals surface area contributed by atoms with Crippen molar-refractivity contribution in [2.24, 2.45) is 0 Å². The molecule has 1 heterocycles. The number of aliphatic carboxylic acids is 1. The summed E-state index contributed by atoms with van der Waals surface area (Å²) < 4.78 is 10.4. The van der Waals surface area contributed by atoms with E-state index in [-0.39, 0.29) is 19.1 Å². The van der Waals surface area contributed by atoms with E-state index in [1.807, 2.05) is 18.2 Å². The minimum Gasteiger partial charge on any atom is -0.496 e. The van der Waals surface area contributed by atoms with Crippen LogP contribution in [0.5, 0.6) is 5.75 Å². The van der Waals surface area contributed by atoms with E-state index in [0.717, 1.165) is 16.9 Å². The van der Waals surface area contributed by atoms with Crippen LogP contribution in [-0.4, -0.2) is 31.4 Å². The molecular formula is C14H18O4. The third-order valence-corrected chi connectivity index (χ3v) is 3.51. The Morgan fingerprint density at radius 1 is 1.44 bits per heavy atom. The lowest BCUT2D eigenvalue weighted by molar-refractivity contribution is -0.163. The fourth-order valence-corrected chi connectivity index (χ4v) is 2.20. The summed E-state index contributed by atoms with van der Waals surface area (Å²) in [6, 6.07) is 5.59. The first-order valence-corrected chi connectivity index (χ1v) is 6.01.